The lowest BCUT2D eigenvalue weighted by molar-refractivity contribution is -0.349. The van der Waals surface area contributed by atoms with Gasteiger partial charge in [0.05, 0.1) is 37.3 Å². The molecule has 5 rings (SSSR count). The van der Waals surface area contributed by atoms with E-state index in [9.17, 15) is 19.2 Å². The average molecular weight is 509 g/mol. The van der Waals surface area contributed by atoms with Crippen LogP contribution in [0.15, 0.2) is 0 Å². The highest BCUT2D eigenvalue weighted by atomic mass is 16.6. The van der Waals surface area contributed by atoms with E-state index >= 15 is 0 Å². The second-order valence-corrected chi connectivity index (χ2v) is 11.9. The lowest BCUT2D eigenvalue weighted by atomic mass is 9.40. The Morgan fingerprint density at radius 1 is 0.944 bits per heavy atom. The van der Waals surface area contributed by atoms with Crippen LogP contribution in [0, 0.1) is 22.2 Å². The Hall–Kier alpha value is -2.20. The van der Waals surface area contributed by atoms with E-state index in [1.165, 1.54) is 20.8 Å². The minimum Gasteiger partial charge on any atom is -0.465 e. The number of hydrogen-bond acceptors (Lipinski definition) is 10. The second-order valence-electron chi connectivity index (χ2n) is 11.9. The van der Waals surface area contributed by atoms with Crippen molar-refractivity contribution in [2.45, 2.75) is 90.1 Å². The first-order valence-corrected chi connectivity index (χ1v) is 12.7. The Bertz CT molecular complexity index is 989. The summed E-state index contributed by atoms with van der Waals surface area (Å²) in [5.74, 6) is -2.04. The normalized spacial score (nSPS) is 46.9. The van der Waals surface area contributed by atoms with Crippen LogP contribution in [0.25, 0.3) is 0 Å². The molecular weight excluding hydrogens is 472 g/mol. The maximum atomic E-state index is 12.6. The third-order valence-corrected chi connectivity index (χ3v) is 9.83. The van der Waals surface area contributed by atoms with Gasteiger partial charge >= 0.3 is 23.9 Å². The molecule has 0 aromatic heterocycles. The van der Waals surface area contributed by atoms with Gasteiger partial charge in [0.25, 0.3) is 0 Å². The van der Waals surface area contributed by atoms with E-state index in [2.05, 4.69) is 0 Å². The van der Waals surface area contributed by atoms with Gasteiger partial charge in [0.15, 0.2) is 6.10 Å². The minimum atomic E-state index is -0.983. The van der Waals surface area contributed by atoms with E-state index in [1.807, 2.05) is 13.8 Å². The second kappa shape index (κ2) is 8.15. The van der Waals surface area contributed by atoms with Gasteiger partial charge in [-0.05, 0) is 26.2 Å². The van der Waals surface area contributed by atoms with Crippen LogP contribution in [0.1, 0.15) is 66.7 Å². The first kappa shape index (κ1) is 25.4. The van der Waals surface area contributed by atoms with Gasteiger partial charge in [0, 0.05) is 37.5 Å². The summed E-state index contributed by atoms with van der Waals surface area (Å²) < 4.78 is 36.1. The van der Waals surface area contributed by atoms with Crippen LogP contribution < -0.4 is 0 Å². The van der Waals surface area contributed by atoms with E-state index in [0.29, 0.717) is 26.1 Å². The van der Waals surface area contributed by atoms with Crippen molar-refractivity contribution in [2.75, 3.05) is 26.4 Å². The summed E-state index contributed by atoms with van der Waals surface area (Å²) in [4.78, 5) is 49.3. The summed E-state index contributed by atoms with van der Waals surface area (Å²) in [7, 11) is 0. The fourth-order valence-electron chi connectivity index (χ4n) is 8.18. The molecule has 10 nitrogen and oxygen atoms in total. The summed E-state index contributed by atoms with van der Waals surface area (Å²) in [5, 5.41) is 0. The number of fused-ring (bicyclic) bond motifs is 4. The number of carbonyl (C=O) groups is 4. The predicted octanol–water partition coefficient (Wildman–Crippen LogP) is 2.10. The molecule has 0 unspecified atom stereocenters. The Labute approximate surface area is 210 Å². The van der Waals surface area contributed by atoms with Crippen LogP contribution in [0.2, 0.25) is 0 Å². The van der Waals surface area contributed by atoms with E-state index in [0.717, 1.165) is 12.8 Å². The number of cyclic esters (lactones) is 1. The highest BCUT2D eigenvalue weighted by Gasteiger charge is 2.82. The molecule has 2 saturated carbocycles. The maximum Gasteiger partial charge on any atom is 0.306 e. The van der Waals surface area contributed by atoms with Crippen molar-refractivity contribution in [3.05, 3.63) is 0 Å². The van der Waals surface area contributed by atoms with Crippen LogP contribution in [0.5, 0.6) is 0 Å². The number of rotatable bonds is 4. The average Bonchev–Trinajstić information content (AvgIpc) is 3.47. The molecule has 2 spiro atoms. The third kappa shape index (κ3) is 3.43. The predicted molar refractivity (Wildman–Crippen MR) is 121 cm³/mol. The van der Waals surface area contributed by atoms with Crippen LogP contribution in [-0.2, 0) is 47.6 Å². The molecular formula is C26H36O10. The van der Waals surface area contributed by atoms with Crippen LogP contribution in [0.4, 0.5) is 0 Å². The highest BCUT2D eigenvalue weighted by Crippen LogP contribution is 2.72. The smallest absolute Gasteiger partial charge is 0.306 e. The van der Waals surface area contributed by atoms with Gasteiger partial charge in [-0.15, -0.1) is 0 Å². The van der Waals surface area contributed by atoms with Crippen molar-refractivity contribution in [3.8, 4) is 0 Å². The summed E-state index contributed by atoms with van der Waals surface area (Å²) in [6, 6.07) is 0. The summed E-state index contributed by atoms with van der Waals surface area (Å²) in [6.45, 7) is 8.90. The van der Waals surface area contributed by atoms with Crippen molar-refractivity contribution < 1.29 is 47.6 Å². The molecule has 0 aromatic carbocycles. The number of hydrogen-bond donors (Lipinski definition) is 0. The summed E-state index contributed by atoms with van der Waals surface area (Å²) in [5.41, 5.74) is -3.95. The van der Waals surface area contributed by atoms with Crippen molar-refractivity contribution >= 4 is 23.9 Å². The molecule has 200 valence electrons. The number of esters is 4. The van der Waals surface area contributed by atoms with Crippen molar-refractivity contribution in [3.63, 3.8) is 0 Å². The van der Waals surface area contributed by atoms with Gasteiger partial charge in [-0.2, -0.15) is 0 Å². The monoisotopic (exact) mass is 508 g/mol. The van der Waals surface area contributed by atoms with E-state index in [-0.39, 0.29) is 31.5 Å². The van der Waals surface area contributed by atoms with Gasteiger partial charge in [-0.25, -0.2) is 0 Å². The third-order valence-electron chi connectivity index (χ3n) is 9.83. The molecule has 0 radical (unpaired) electrons. The molecule has 36 heavy (non-hydrogen) atoms. The fourth-order valence-corrected chi connectivity index (χ4v) is 8.18. The Kier molecular flexibility index (Phi) is 5.76. The molecule has 0 aromatic rings. The standard InChI is InChI=1S/C26H36O10/c1-15(27)31-14-26-18(7-6-8-25(26)13-34-25)23(5)22(4,10-24(12-33-23)9-19(30)32-11-24)20(35-16(2)28)21(26)36-17(3)29/h18,20-21H,6-14H2,1-5H3/t18-,20+,21+,22+,23-,24+,25+,26+/m1/s1. The lowest BCUT2D eigenvalue weighted by Crippen LogP contribution is -2.80. The molecule has 2 aliphatic carbocycles. The van der Waals surface area contributed by atoms with Gasteiger partial charge in [0.1, 0.15) is 18.3 Å². The number of carbonyl (C=O) groups excluding carboxylic acids is 4. The fraction of sp³-hybridized carbons (Fsp3) is 0.846. The Morgan fingerprint density at radius 2 is 1.61 bits per heavy atom. The highest BCUT2D eigenvalue weighted by molar-refractivity contribution is 5.72. The van der Waals surface area contributed by atoms with E-state index in [4.69, 9.17) is 28.4 Å². The first-order chi connectivity index (χ1) is 16.8. The van der Waals surface area contributed by atoms with Gasteiger partial charge in [0.2, 0.25) is 0 Å². The molecule has 5 aliphatic rings. The van der Waals surface area contributed by atoms with Crippen molar-refractivity contribution in [2.24, 2.45) is 22.2 Å². The molecule has 0 bridgehead atoms. The summed E-state index contributed by atoms with van der Waals surface area (Å²) in [6.07, 6.45) is 1.11. The van der Waals surface area contributed by atoms with Crippen molar-refractivity contribution in [1.82, 2.24) is 0 Å². The summed E-state index contributed by atoms with van der Waals surface area (Å²) >= 11 is 0. The minimum absolute atomic E-state index is 0.0511. The number of epoxide rings is 1. The molecule has 3 saturated heterocycles. The van der Waals surface area contributed by atoms with Crippen LogP contribution >= 0.6 is 0 Å². The molecule has 8 atom stereocenters. The number of ether oxygens (including phenoxy) is 6. The largest absolute Gasteiger partial charge is 0.465 e. The van der Waals surface area contributed by atoms with Crippen LogP contribution in [-0.4, -0.2) is 73.7 Å². The SMILES string of the molecule is CC(=O)OC[C@@]12[C@@H](OC(C)=O)[C@H](OC(C)=O)[C@]3(C)C[C@@]4(COC(=O)C4)CO[C@]3(C)[C@H]1CCC[C@]21CO1. The zero-order valence-electron chi connectivity index (χ0n) is 21.7. The Balaban J connectivity index is 1.71. The molecule has 0 amide bonds. The topological polar surface area (TPSA) is 127 Å². The maximum absolute atomic E-state index is 12.6. The van der Waals surface area contributed by atoms with Crippen molar-refractivity contribution in [1.29, 1.82) is 0 Å². The lowest BCUT2D eigenvalue weighted by Gasteiger charge is -2.70. The molecule has 3 heterocycles. The van der Waals surface area contributed by atoms with Crippen LogP contribution in [0.3, 0.4) is 0 Å². The quantitative estimate of drug-likeness (QED) is 0.316. The first-order valence-electron chi connectivity index (χ1n) is 12.7. The zero-order chi connectivity index (χ0) is 26.1. The Morgan fingerprint density at radius 3 is 2.17 bits per heavy atom. The van der Waals surface area contributed by atoms with Gasteiger partial charge in [-0.1, -0.05) is 13.3 Å². The van der Waals surface area contributed by atoms with E-state index in [1.54, 1.807) is 0 Å². The van der Waals surface area contributed by atoms with Gasteiger partial charge in [-0.3, -0.25) is 19.2 Å². The molecule has 10 heteroatoms. The van der Waals surface area contributed by atoms with Gasteiger partial charge < -0.3 is 28.4 Å². The molecule has 3 aliphatic heterocycles. The van der Waals surface area contributed by atoms with E-state index < -0.39 is 57.6 Å². The zero-order valence-corrected chi connectivity index (χ0v) is 21.7. The molecule has 5 fully saturated rings. The molecule has 0 N–H and O–H groups in total.